The normalized spacial score (nSPS) is 10.6. The largest absolute Gasteiger partial charge is 0.457 e. The number of nitriles is 1. The van der Waals surface area contributed by atoms with Crippen molar-refractivity contribution in [2.75, 3.05) is 0 Å². The van der Waals surface area contributed by atoms with Crippen LogP contribution in [0.5, 0.6) is 11.5 Å². The minimum atomic E-state index is -0.275. The number of rotatable bonds is 5. The standard InChI is InChI=1S/C28H23BrN2O2/c1-18-4-5-22(19(2)14-18)17-31-27(15-20(3)26(16-30)28(31)32)21-6-10-24(11-7-21)33-25-12-8-23(29)9-13-25/h4-15H,17H2,1-3H3. The molecule has 4 rings (SSSR count). The molecule has 164 valence electrons. The molecule has 0 unspecified atom stereocenters. The van der Waals surface area contributed by atoms with Crippen molar-refractivity contribution < 1.29 is 4.74 Å². The Morgan fingerprint density at radius 1 is 0.879 bits per heavy atom. The molecule has 0 bridgehead atoms. The van der Waals surface area contributed by atoms with Crippen LogP contribution in [-0.4, -0.2) is 4.57 Å². The van der Waals surface area contributed by atoms with E-state index in [-0.39, 0.29) is 11.1 Å². The Morgan fingerprint density at radius 2 is 1.52 bits per heavy atom. The van der Waals surface area contributed by atoms with Gasteiger partial charge in [0.1, 0.15) is 23.1 Å². The van der Waals surface area contributed by atoms with E-state index < -0.39 is 0 Å². The van der Waals surface area contributed by atoms with Crippen molar-refractivity contribution in [3.8, 4) is 28.8 Å². The lowest BCUT2D eigenvalue weighted by atomic mass is 10.0. The molecule has 0 saturated heterocycles. The number of aromatic nitrogens is 1. The lowest BCUT2D eigenvalue weighted by Crippen LogP contribution is -2.26. The first kappa shape index (κ1) is 22.6. The molecule has 0 aliphatic heterocycles. The Hall–Kier alpha value is -3.62. The van der Waals surface area contributed by atoms with Crippen LogP contribution < -0.4 is 10.3 Å². The molecule has 0 spiro atoms. The molecule has 0 aliphatic carbocycles. The van der Waals surface area contributed by atoms with Gasteiger partial charge in [0, 0.05) is 4.47 Å². The highest BCUT2D eigenvalue weighted by molar-refractivity contribution is 9.10. The fourth-order valence-electron chi connectivity index (χ4n) is 3.83. The molecule has 0 aliphatic rings. The van der Waals surface area contributed by atoms with Gasteiger partial charge in [-0.3, -0.25) is 4.79 Å². The maximum Gasteiger partial charge on any atom is 0.269 e. The monoisotopic (exact) mass is 498 g/mol. The number of ether oxygens (including phenoxy) is 1. The maximum absolute atomic E-state index is 13.2. The Balaban J connectivity index is 1.74. The van der Waals surface area contributed by atoms with Gasteiger partial charge in [-0.15, -0.1) is 0 Å². The number of hydrogen-bond acceptors (Lipinski definition) is 3. The molecule has 0 saturated carbocycles. The zero-order valence-electron chi connectivity index (χ0n) is 18.7. The molecule has 5 heteroatoms. The Labute approximate surface area is 201 Å². The van der Waals surface area contributed by atoms with E-state index in [1.54, 1.807) is 11.5 Å². The van der Waals surface area contributed by atoms with Crippen molar-refractivity contribution in [1.29, 1.82) is 5.26 Å². The highest BCUT2D eigenvalue weighted by Gasteiger charge is 2.15. The fourth-order valence-corrected chi connectivity index (χ4v) is 4.09. The SMILES string of the molecule is Cc1ccc(Cn2c(-c3ccc(Oc4ccc(Br)cc4)cc3)cc(C)c(C#N)c2=O)c(C)c1. The first-order chi connectivity index (χ1) is 15.9. The minimum Gasteiger partial charge on any atom is -0.457 e. The van der Waals surface area contributed by atoms with Crippen LogP contribution in [0.2, 0.25) is 0 Å². The lowest BCUT2D eigenvalue weighted by molar-refractivity contribution is 0.482. The van der Waals surface area contributed by atoms with Crippen LogP contribution >= 0.6 is 15.9 Å². The second kappa shape index (κ2) is 9.48. The van der Waals surface area contributed by atoms with E-state index in [0.29, 0.717) is 17.9 Å². The van der Waals surface area contributed by atoms with Crippen LogP contribution in [0.15, 0.2) is 82.1 Å². The Bertz CT molecular complexity index is 1410. The summed E-state index contributed by atoms with van der Waals surface area (Å²) in [7, 11) is 0. The van der Waals surface area contributed by atoms with Crippen LogP contribution in [0.3, 0.4) is 0 Å². The van der Waals surface area contributed by atoms with Gasteiger partial charge in [-0.2, -0.15) is 5.26 Å². The van der Waals surface area contributed by atoms with Gasteiger partial charge in [-0.25, -0.2) is 0 Å². The van der Waals surface area contributed by atoms with Crippen molar-refractivity contribution in [1.82, 2.24) is 4.57 Å². The van der Waals surface area contributed by atoms with Crippen molar-refractivity contribution in [2.24, 2.45) is 0 Å². The molecule has 0 N–H and O–H groups in total. The summed E-state index contributed by atoms with van der Waals surface area (Å²) in [5.74, 6) is 1.45. The summed E-state index contributed by atoms with van der Waals surface area (Å²) in [6.45, 7) is 6.29. The van der Waals surface area contributed by atoms with Crippen LogP contribution in [-0.2, 0) is 6.54 Å². The fraction of sp³-hybridized carbons (Fsp3) is 0.143. The van der Waals surface area contributed by atoms with Gasteiger partial charge in [0.25, 0.3) is 5.56 Å². The van der Waals surface area contributed by atoms with Crippen molar-refractivity contribution in [3.63, 3.8) is 0 Å². The van der Waals surface area contributed by atoms with Gasteiger partial charge in [-0.1, -0.05) is 39.7 Å². The van der Waals surface area contributed by atoms with E-state index >= 15 is 0 Å². The third-order valence-corrected chi connectivity index (χ3v) is 6.16. The summed E-state index contributed by atoms with van der Waals surface area (Å²) >= 11 is 3.42. The number of pyridine rings is 1. The number of nitrogens with zero attached hydrogens (tertiary/aromatic N) is 2. The van der Waals surface area contributed by atoms with Crippen molar-refractivity contribution in [2.45, 2.75) is 27.3 Å². The second-order valence-electron chi connectivity index (χ2n) is 8.10. The average Bonchev–Trinajstić information content (AvgIpc) is 2.79. The summed E-state index contributed by atoms with van der Waals surface area (Å²) in [6, 6.07) is 25.5. The Morgan fingerprint density at radius 3 is 2.12 bits per heavy atom. The molecule has 4 aromatic rings. The highest BCUT2D eigenvalue weighted by atomic mass is 79.9. The van der Waals surface area contributed by atoms with Gasteiger partial charge in [-0.05, 0) is 97.6 Å². The summed E-state index contributed by atoms with van der Waals surface area (Å²) in [4.78, 5) is 13.2. The summed E-state index contributed by atoms with van der Waals surface area (Å²) in [5.41, 5.74) is 5.56. The van der Waals surface area contributed by atoms with Gasteiger partial charge >= 0.3 is 0 Å². The first-order valence-electron chi connectivity index (χ1n) is 10.6. The quantitative estimate of drug-likeness (QED) is 0.300. The van der Waals surface area contributed by atoms with E-state index in [4.69, 9.17) is 4.74 Å². The summed E-state index contributed by atoms with van der Waals surface area (Å²) < 4.78 is 8.61. The van der Waals surface area contributed by atoms with Gasteiger partial charge in [0.15, 0.2) is 0 Å². The smallest absolute Gasteiger partial charge is 0.269 e. The highest BCUT2D eigenvalue weighted by Crippen LogP contribution is 2.28. The number of benzene rings is 3. The molecule has 4 nitrogen and oxygen atoms in total. The molecule has 0 fully saturated rings. The lowest BCUT2D eigenvalue weighted by Gasteiger charge is -2.17. The second-order valence-corrected chi connectivity index (χ2v) is 9.02. The number of aryl methyl sites for hydroxylation is 3. The van der Waals surface area contributed by atoms with Crippen molar-refractivity contribution in [3.05, 3.63) is 115 Å². The molecule has 0 atom stereocenters. The van der Waals surface area contributed by atoms with Crippen LogP contribution in [0.1, 0.15) is 27.8 Å². The van der Waals surface area contributed by atoms with Gasteiger partial charge in [0.05, 0.1) is 12.2 Å². The molecule has 0 amide bonds. The zero-order chi connectivity index (χ0) is 23.5. The molecular weight excluding hydrogens is 476 g/mol. The molecule has 1 heterocycles. The number of hydrogen-bond donors (Lipinski definition) is 0. The Kier molecular flexibility index (Phi) is 6.48. The predicted molar refractivity (Wildman–Crippen MR) is 135 cm³/mol. The maximum atomic E-state index is 13.2. The third-order valence-electron chi connectivity index (χ3n) is 5.64. The molecule has 3 aromatic carbocycles. The van der Waals surface area contributed by atoms with Crippen LogP contribution in [0.25, 0.3) is 11.3 Å². The molecule has 33 heavy (non-hydrogen) atoms. The zero-order valence-corrected chi connectivity index (χ0v) is 20.3. The van der Waals surface area contributed by atoms with E-state index in [0.717, 1.165) is 32.6 Å². The summed E-state index contributed by atoms with van der Waals surface area (Å²) in [6.07, 6.45) is 0. The average molecular weight is 499 g/mol. The van der Waals surface area contributed by atoms with Crippen LogP contribution in [0, 0.1) is 32.1 Å². The van der Waals surface area contributed by atoms with Gasteiger partial charge in [0.2, 0.25) is 0 Å². The van der Waals surface area contributed by atoms with Crippen LogP contribution in [0.4, 0.5) is 0 Å². The van der Waals surface area contributed by atoms with E-state index in [2.05, 4.69) is 28.1 Å². The summed E-state index contributed by atoms with van der Waals surface area (Å²) in [5, 5.41) is 9.55. The molecular formula is C28H23BrN2O2. The predicted octanol–water partition coefficient (Wildman–Crippen LogP) is 6.92. The number of halogens is 1. The van der Waals surface area contributed by atoms with E-state index in [9.17, 15) is 10.1 Å². The van der Waals surface area contributed by atoms with Gasteiger partial charge < -0.3 is 9.30 Å². The van der Waals surface area contributed by atoms with E-state index in [1.165, 1.54) is 5.56 Å². The van der Waals surface area contributed by atoms with Crippen molar-refractivity contribution >= 4 is 15.9 Å². The molecule has 0 radical (unpaired) electrons. The topological polar surface area (TPSA) is 55.0 Å². The first-order valence-corrected chi connectivity index (χ1v) is 11.4. The molecule has 1 aromatic heterocycles. The minimum absolute atomic E-state index is 0.179. The third kappa shape index (κ3) is 4.92. The van der Waals surface area contributed by atoms with E-state index in [1.807, 2.05) is 80.6 Å².